The van der Waals surface area contributed by atoms with Gasteiger partial charge in [0.1, 0.15) is 11.5 Å². The second kappa shape index (κ2) is 10.2. The number of benzene rings is 3. The largest absolute Gasteiger partial charge is 0.504 e. The summed E-state index contributed by atoms with van der Waals surface area (Å²) in [6, 6.07) is 22.6. The Morgan fingerprint density at radius 3 is 2.03 bits per heavy atom. The predicted octanol–water partition coefficient (Wildman–Crippen LogP) is 5.39. The third kappa shape index (κ3) is 4.93. The molecule has 1 heterocycles. The van der Waals surface area contributed by atoms with Gasteiger partial charge in [-0.2, -0.15) is 0 Å². The molecule has 1 saturated heterocycles. The van der Waals surface area contributed by atoms with Gasteiger partial charge in [-0.3, -0.25) is 4.90 Å². The van der Waals surface area contributed by atoms with Gasteiger partial charge in [0.15, 0.2) is 11.5 Å². The number of likely N-dealkylation sites (tertiary alicyclic amines) is 1. The fourth-order valence-corrected chi connectivity index (χ4v) is 4.92. The maximum atomic E-state index is 10.1. The monoisotopic (exact) mass is 447 g/mol. The maximum Gasteiger partial charge on any atom is 0.161 e. The fraction of sp³-hybridized carbons (Fsp3) is 0.357. The van der Waals surface area contributed by atoms with Gasteiger partial charge >= 0.3 is 0 Å². The molecule has 33 heavy (non-hydrogen) atoms. The van der Waals surface area contributed by atoms with Gasteiger partial charge in [-0.15, -0.1) is 0 Å². The first-order valence-electron chi connectivity index (χ1n) is 11.5. The van der Waals surface area contributed by atoms with E-state index < -0.39 is 0 Å². The minimum atomic E-state index is -0.129. The van der Waals surface area contributed by atoms with Gasteiger partial charge in [0.05, 0.1) is 20.8 Å². The zero-order chi connectivity index (χ0) is 23.3. The highest BCUT2D eigenvalue weighted by Crippen LogP contribution is 2.42. The molecule has 1 aliphatic heterocycles. The molecular formula is C28H33NO4. The van der Waals surface area contributed by atoms with Crippen LogP contribution in [0.25, 0.3) is 0 Å². The predicted molar refractivity (Wildman–Crippen MR) is 131 cm³/mol. The molecule has 0 aliphatic carbocycles. The second-order valence-electron chi connectivity index (χ2n) is 8.59. The summed E-state index contributed by atoms with van der Waals surface area (Å²) in [5.41, 5.74) is 3.59. The van der Waals surface area contributed by atoms with Crippen molar-refractivity contribution in [2.24, 2.45) is 0 Å². The molecule has 0 spiro atoms. The number of rotatable bonds is 8. The fourth-order valence-electron chi connectivity index (χ4n) is 4.92. The SMILES string of the molecule is CCOc1cc(CN2CCCC(c3ccc(OC)cc3)(c3ccc(OC)cc3)C2)ccc1O. The van der Waals surface area contributed by atoms with Crippen LogP contribution in [0, 0.1) is 0 Å². The van der Waals surface area contributed by atoms with E-state index in [9.17, 15) is 5.11 Å². The summed E-state index contributed by atoms with van der Waals surface area (Å²) >= 11 is 0. The molecule has 1 N–H and O–H groups in total. The van der Waals surface area contributed by atoms with E-state index >= 15 is 0 Å². The molecule has 5 nitrogen and oxygen atoms in total. The molecule has 174 valence electrons. The van der Waals surface area contributed by atoms with E-state index in [0.717, 1.165) is 49.5 Å². The van der Waals surface area contributed by atoms with Crippen molar-refractivity contribution in [2.45, 2.75) is 31.7 Å². The van der Waals surface area contributed by atoms with Crippen molar-refractivity contribution in [2.75, 3.05) is 33.9 Å². The van der Waals surface area contributed by atoms with Crippen LogP contribution >= 0.6 is 0 Å². The van der Waals surface area contributed by atoms with Crippen molar-refractivity contribution in [3.63, 3.8) is 0 Å². The molecule has 0 unspecified atom stereocenters. The first-order chi connectivity index (χ1) is 16.1. The highest BCUT2D eigenvalue weighted by atomic mass is 16.5. The third-order valence-electron chi connectivity index (χ3n) is 6.59. The molecule has 5 heteroatoms. The van der Waals surface area contributed by atoms with Gasteiger partial charge in [-0.1, -0.05) is 30.3 Å². The second-order valence-corrected chi connectivity index (χ2v) is 8.59. The number of ether oxygens (including phenoxy) is 3. The Morgan fingerprint density at radius 2 is 1.48 bits per heavy atom. The van der Waals surface area contributed by atoms with E-state index in [2.05, 4.69) is 29.2 Å². The number of nitrogens with zero attached hydrogens (tertiary/aromatic N) is 1. The number of aromatic hydroxyl groups is 1. The number of phenolic OH excluding ortho intramolecular Hbond substituents is 1. The molecule has 4 rings (SSSR count). The van der Waals surface area contributed by atoms with Crippen LogP contribution in [0.5, 0.6) is 23.0 Å². The highest BCUT2D eigenvalue weighted by molar-refractivity contribution is 5.45. The maximum absolute atomic E-state index is 10.1. The Balaban J connectivity index is 1.66. The molecule has 0 amide bonds. The van der Waals surface area contributed by atoms with Crippen LogP contribution in [-0.2, 0) is 12.0 Å². The molecule has 0 bridgehead atoms. The lowest BCUT2D eigenvalue weighted by atomic mass is 9.69. The quantitative estimate of drug-likeness (QED) is 0.502. The summed E-state index contributed by atoms with van der Waals surface area (Å²) in [7, 11) is 3.40. The Bertz CT molecular complexity index is 999. The lowest BCUT2D eigenvalue weighted by Gasteiger charge is -2.44. The van der Waals surface area contributed by atoms with Crippen molar-refractivity contribution in [3.8, 4) is 23.0 Å². The summed E-state index contributed by atoms with van der Waals surface area (Å²) in [5, 5.41) is 10.1. The average Bonchev–Trinajstić information content (AvgIpc) is 2.86. The summed E-state index contributed by atoms with van der Waals surface area (Å²) in [6.07, 6.45) is 2.16. The Kier molecular flexibility index (Phi) is 7.09. The topological polar surface area (TPSA) is 51.2 Å². The Morgan fingerprint density at radius 1 is 0.879 bits per heavy atom. The molecule has 3 aromatic rings. The molecule has 1 aliphatic rings. The zero-order valence-electron chi connectivity index (χ0n) is 19.7. The van der Waals surface area contributed by atoms with E-state index in [4.69, 9.17) is 14.2 Å². The molecule has 1 fully saturated rings. The number of hydrogen-bond acceptors (Lipinski definition) is 5. The van der Waals surface area contributed by atoms with E-state index in [1.807, 2.05) is 43.3 Å². The van der Waals surface area contributed by atoms with E-state index in [-0.39, 0.29) is 11.2 Å². The van der Waals surface area contributed by atoms with Crippen LogP contribution in [0.4, 0.5) is 0 Å². The van der Waals surface area contributed by atoms with Crippen molar-refractivity contribution < 1.29 is 19.3 Å². The van der Waals surface area contributed by atoms with Gasteiger partial charge in [-0.25, -0.2) is 0 Å². The van der Waals surface area contributed by atoms with Crippen LogP contribution in [0.3, 0.4) is 0 Å². The van der Waals surface area contributed by atoms with Crippen LogP contribution in [-0.4, -0.2) is 43.9 Å². The number of phenols is 1. The summed E-state index contributed by atoms with van der Waals surface area (Å²) in [6.45, 7) is 5.18. The van der Waals surface area contributed by atoms with Crippen LogP contribution in [0.15, 0.2) is 66.7 Å². The zero-order valence-corrected chi connectivity index (χ0v) is 19.7. The van der Waals surface area contributed by atoms with Gasteiger partial charge in [-0.05, 0) is 79.4 Å². The van der Waals surface area contributed by atoms with E-state index in [0.29, 0.717) is 12.4 Å². The minimum absolute atomic E-state index is 0.129. The minimum Gasteiger partial charge on any atom is -0.504 e. The van der Waals surface area contributed by atoms with Gasteiger partial charge in [0, 0.05) is 18.5 Å². The standard InChI is InChI=1S/C28H33NO4/c1-4-33-27-18-21(6-15-26(27)30)19-29-17-5-16-28(20-29,22-7-11-24(31-2)12-8-22)23-9-13-25(32-3)14-10-23/h6-15,18,30H,4-5,16-17,19-20H2,1-3H3. The van der Waals surface area contributed by atoms with Crippen molar-refractivity contribution in [3.05, 3.63) is 83.4 Å². The molecule has 0 aromatic heterocycles. The van der Waals surface area contributed by atoms with E-state index in [1.54, 1.807) is 20.3 Å². The molecule has 0 saturated carbocycles. The molecule has 3 aromatic carbocycles. The summed E-state index contributed by atoms with van der Waals surface area (Å²) in [5.74, 6) is 2.46. The van der Waals surface area contributed by atoms with Gasteiger partial charge in [0.25, 0.3) is 0 Å². The van der Waals surface area contributed by atoms with Gasteiger partial charge < -0.3 is 19.3 Å². The first kappa shape index (κ1) is 23.0. The molecular weight excluding hydrogens is 414 g/mol. The molecule has 0 radical (unpaired) electrons. The Labute approximate surface area is 196 Å². The smallest absolute Gasteiger partial charge is 0.161 e. The summed E-state index contributed by atoms with van der Waals surface area (Å²) < 4.78 is 16.4. The van der Waals surface area contributed by atoms with Crippen LogP contribution in [0.2, 0.25) is 0 Å². The Hall–Kier alpha value is -3.18. The van der Waals surface area contributed by atoms with E-state index in [1.165, 1.54) is 11.1 Å². The lowest BCUT2D eigenvalue weighted by molar-refractivity contribution is 0.161. The van der Waals surface area contributed by atoms with Gasteiger partial charge in [0.2, 0.25) is 0 Å². The van der Waals surface area contributed by atoms with Crippen LogP contribution in [0.1, 0.15) is 36.5 Å². The first-order valence-corrected chi connectivity index (χ1v) is 11.5. The number of piperidine rings is 1. The highest BCUT2D eigenvalue weighted by Gasteiger charge is 2.38. The molecule has 0 atom stereocenters. The number of hydrogen-bond donors (Lipinski definition) is 1. The van der Waals surface area contributed by atoms with Crippen molar-refractivity contribution in [1.82, 2.24) is 4.90 Å². The number of methoxy groups -OCH3 is 2. The third-order valence-corrected chi connectivity index (χ3v) is 6.59. The average molecular weight is 448 g/mol. The lowest BCUT2D eigenvalue weighted by Crippen LogP contribution is -2.46. The normalized spacial score (nSPS) is 15.7. The van der Waals surface area contributed by atoms with Crippen molar-refractivity contribution >= 4 is 0 Å². The van der Waals surface area contributed by atoms with Crippen molar-refractivity contribution in [1.29, 1.82) is 0 Å². The van der Waals surface area contributed by atoms with Crippen LogP contribution < -0.4 is 14.2 Å². The summed E-state index contributed by atoms with van der Waals surface area (Å²) in [4.78, 5) is 2.50.